The van der Waals surface area contributed by atoms with Crippen LogP contribution in [0.4, 0.5) is 0 Å². The van der Waals surface area contributed by atoms with Crippen LogP contribution >= 0.6 is 0 Å². The average molecular weight is 327 g/mol. The first-order chi connectivity index (χ1) is 11.5. The fourth-order valence-corrected chi connectivity index (χ4v) is 2.39. The Morgan fingerprint density at radius 2 is 1.71 bits per heavy atom. The molecule has 5 nitrogen and oxygen atoms in total. The van der Waals surface area contributed by atoms with Gasteiger partial charge in [0.2, 0.25) is 0 Å². The van der Waals surface area contributed by atoms with Crippen molar-refractivity contribution < 1.29 is 19.4 Å². The van der Waals surface area contributed by atoms with Gasteiger partial charge in [0.05, 0.1) is 6.61 Å². The van der Waals surface area contributed by atoms with Crippen molar-refractivity contribution in [3.05, 3.63) is 71.3 Å². The lowest BCUT2D eigenvalue weighted by Crippen LogP contribution is -2.46. The summed E-state index contributed by atoms with van der Waals surface area (Å²) in [6.45, 7) is 3.64. The monoisotopic (exact) mass is 327 g/mol. The molecule has 0 fully saturated rings. The molecule has 1 amide bonds. The molecule has 24 heavy (non-hydrogen) atoms. The number of amides is 1. The number of esters is 1. The van der Waals surface area contributed by atoms with E-state index in [9.17, 15) is 14.7 Å². The van der Waals surface area contributed by atoms with Crippen molar-refractivity contribution in [3.8, 4) is 0 Å². The minimum absolute atomic E-state index is 0.164. The maximum absolute atomic E-state index is 12.5. The Morgan fingerprint density at radius 3 is 2.33 bits per heavy atom. The lowest BCUT2D eigenvalue weighted by Gasteiger charge is -2.23. The minimum atomic E-state index is -1.20. The summed E-state index contributed by atoms with van der Waals surface area (Å²) in [5.41, 5.74) is 1.76. The van der Waals surface area contributed by atoms with Gasteiger partial charge in [0, 0.05) is 5.56 Å². The Bertz CT molecular complexity index is 700. The molecule has 0 spiro atoms. The Balaban J connectivity index is 2.25. The first-order valence-electron chi connectivity index (χ1n) is 7.80. The summed E-state index contributed by atoms with van der Waals surface area (Å²) in [6, 6.07) is 14.6. The second-order valence-electron chi connectivity index (χ2n) is 5.37. The second kappa shape index (κ2) is 8.26. The summed E-state index contributed by atoms with van der Waals surface area (Å²) in [5, 5.41) is 13.1. The lowest BCUT2D eigenvalue weighted by molar-refractivity contribution is -0.148. The number of aliphatic hydroxyl groups is 1. The zero-order valence-corrected chi connectivity index (χ0v) is 13.7. The maximum Gasteiger partial charge on any atom is 0.331 e. The third kappa shape index (κ3) is 4.20. The molecule has 2 aromatic carbocycles. The summed E-state index contributed by atoms with van der Waals surface area (Å²) < 4.78 is 5.00. The van der Waals surface area contributed by atoms with Crippen LogP contribution in [0, 0.1) is 6.92 Å². The smallest absolute Gasteiger partial charge is 0.331 e. The van der Waals surface area contributed by atoms with E-state index < -0.39 is 24.0 Å². The number of carbonyl (C=O) groups is 2. The number of hydrogen-bond acceptors (Lipinski definition) is 4. The first-order valence-corrected chi connectivity index (χ1v) is 7.80. The third-order valence-electron chi connectivity index (χ3n) is 3.67. The molecule has 0 heterocycles. The Hall–Kier alpha value is -2.66. The molecule has 0 aromatic heterocycles. The van der Waals surface area contributed by atoms with Gasteiger partial charge in [0.15, 0.2) is 6.04 Å². The molecule has 2 N–H and O–H groups in total. The molecule has 126 valence electrons. The van der Waals surface area contributed by atoms with Crippen LogP contribution in [0.2, 0.25) is 0 Å². The van der Waals surface area contributed by atoms with Crippen molar-refractivity contribution in [2.24, 2.45) is 0 Å². The molecule has 0 saturated heterocycles. The van der Waals surface area contributed by atoms with Crippen LogP contribution in [-0.2, 0) is 9.53 Å². The standard InChI is InChI=1S/C19H21NO4/c1-3-24-19(23)16(17(21)14-10-5-4-6-11-14)20-18(22)15-12-8-7-9-13(15)2/h4-12,16-17,21H,3H2,1-2H3,(H,20,22). The number of aliphatic hydroxyl groups excluding tert-OH is 1. The van der Waals surface area contributed by atoms with Crippen LogP contribution in [0.5, 0.6) is 0 Å². The molecule has 2 unspecified atom stereocenters. The van der Waals surface area contributed by atoms with Crippen molar-refractivity contribution in [1.82, 2.24) is 5.32 Å². The summed E-state index contributed by atoms with van der Waals surface area (Å²) in [7, 11) is 0. The fourth-order valence-electron chi connectivity index (χ4n) is 2.39. The van der Waals surface area contributed by atoms with Gasteiger partial charge in [-0.3, -0.25) is 4.79 Å². The molecule has 0 saturated carbocycles. The van der Waals surface area contributed by atoms with E-state index >= 15 is 0 Å². The van der Waals surface area contributed by atoms with E-state index in [2.05, 4.69) is 5.32 Å². The van der Waals surface area contributed by atoms with Crippen LogP contribution in [0.1, 0.15) is 34.5 Å². The number of nitrogens with one attached hydrogen (secondary N) is 1. The van der Waals surface area contributed by atoms with E-state index in [0.29, 0.717) is 11.1 Å². The molecule has 5 heteroatoms. The molecule has 2 atom stereocenters. The fraction of sp³-hybridized carbons (Fsp3) is 0.263. The average Bonchev–Trinajstić information content (AvgIpc) is 2.60. The highest BCUT2D eigenvalue weighted by Crippen LogP contribution is 2.18. The lowest BCUT2D eigenvalue weighted by atomic mass is 10.0. The number of aryl methyl sites for hydroxylation is 1. The normalized spacial score (nSPS) is 13.0. The topological polar surface area (TPSA) is 75.6 Å². The summed E-state index contributed by atoms with van der Waals surface area (Å²) in [5.74, 6) is -1.10. The Labute approximate surface area is 141 Å². The van der Waals surface area contributed by atoms with Gasteiger partial charge < -0.3 is 15.2 Å². The van der Waals surface area contributed by atoms with E-state index in [0.717, 1.165) is 5.56 Å². The number of benzene rings is 2. The Kier molecular flexibility index (Phi) is 6.09. The zero-order chi connectivity index (χ0) is 17.5. The SMILES string of the molecule is CCOC(=O)C(NC(=O)c1ccccc1C)C(O)c1ccccc1. The van der Waals surface area contributed by atoms with Gasteiger partial charge >= 0.3 is 5.97 Å². The van der Waals surface area contributed by atoms with E-state index in [1.54, 1.807) is 43.3 Å². The number of hydrogen-bond donors (Lipinski definition) is 2. The maximum atomic E-state index is 12.5. The molecule has 2 aromatic rings. The second-order valence-corrected chi connectivity index (χ2v) is 5.37. The molecule has 0 aliphatic carbocycles. The quantitative estimate of drug-likeness (QED) is 0.799. The van der Waals surface area contributed by atoms with E-state index in [1.165, 1.54) is 0 Å². The molecular weight excluding hydrogens is 306 g/mol. The molecule has 0 aliphatic heterocycles. The molecule has 0 radical (unpaired) electrons. The van der Waals surface area contributed by atoms with Crippen molar-refractivity contribution in [3.63, 3.8) is 0 Å². The summed E-state index contributed by atoms with van der Waals surface area (Å²) in [4.78, 5) is 24.7. The molecule has 0 aliphatic rings. The van der Waals surface area contributed by atoms with Crippen LogP contribution < -0.4 is 5.32 Å². The van der Waals surface area contributed by atoms with Gasteiger partial charge in [-0.05, 0) is 31.0 Å². The highest BCUT2D eigenvalue weighted by Gasteiger charge is 2.31. The zero-order valence-electron chi connectivity index (χ0n) is 13.7. The van der Waals surface area contributed by atoms with Crippen LogP contribution in [0.25, 0.3) is 0 Å². The van der Waals surface area contributed by atoms with Crippen LogP contribution in [0.3, 0.4) is 0 Å². The van der Waals surface area contributed by atoms with Gasteiger partial charge in [-0.1, -0.05) is 48.5 Å². The molecular formula is C19H21NO4. The van der Waals surface area contributed by atoms with Crippen molar-refractivity contribution >= 4 is 11.9 Å². The van der Waals surface area contributed by atoms with Gasteiger partial charge in [-0.15, -0.1) is 0 Å². The summed E-state index contributed by atoms with van der Waals surface area (Å²) in [6.07, 6.45) is -1.20. The van der Waals surface area contributed by atoms with E-state index in [4.69, 9.17) is 4.74 Å². The van der Waals surface area contributed by atoms with Gasteiger partial charge in [0.25, 0.3) is 5.91 Å². The number of rotatable bonds is 6. The van der Waals surface area contributed by atoms with Crippen molar-refractivity contribution in [1.29, 1.82) is 0 Å². The predicted molar refractivity (Wildman–Crippen MR) is 90.5 cm³/mol. The van der Waals surface area contributed by atoms with E-state index in [-0.39, 0.29) is 6.61 Å². The van der Waals surface area contributed by atoms with Crippen LogP contribution in [-0.4, -0.2) is 29.6 Å². The number of ether oxygens (including phenoxy) is 1. The molecule has 2 rings (SSSR count). The number of carbonyl (C=O) groups excluding carboxylic acids is 2. The highest BCUT2D eigenvalue weighted by atomic mass is 16.5. The first kappa shape index (κ1) is 17.7. The largest absolute Gasteiger partial charge is 0.464 e. The Morgan fingerprint density at radius 1 is 1.08 bits per heavy atom. The molecule has 0 bridgehead atoms. The van der Waals surface area contributed by atoms with Gasteiger partial charge in [0.1, 0.15) is 6.10 Å². The van der Waals surface area contributed by atoms with Crippen molar-refractivity contribution in [2.45, 2.75) is 26.0 Å². The minimum Gasteiger partial charge on any atom is -0.464 e. The van der Waals surface area contributed by atoms with Crippen molar-refractivity contribution in [2.75, 3.05) is 6.61 Å². The van der Waals surface area contributed by atoms with Gasteiger partial charge in [-0.2, -0.15) is 0 Å². The van der Waals surface area contributed by atoms with Gasteiger partial charge in [-0.25, -0.2) is 4.79 Å². The highest BCUT2D eigenvalue weighted by molar-refractivity contribution is 5.98. The summed E-state index contributed by atoms with van der Waals surface area (Å²) >= 11 is 0. The van der Waals surface area contributed by atoms with E-state index in [1.807, 2.05) is 25.1 Å². The predicted octanol–water partition coefficient (Wildman–Crippen LogP) is 2.39. The van der Waals surface area contributed by atoms with Crippen LogP contribution in [0.15, 0.2) is 54.6 Å². The third-order valence-corrected chi connectivity index (χ3v) is 3.67.